The molecule has 2 amide bonds. The van der Waals surface area contributed by atoms with Crippen LogP contribution in [0.1, 0.15) is 22.3 Å². The van der Waals surface area contributed by atoms with Gasteiger partial charge in [0.15, 0.2) is 0 Å². The molecule has 3 rings (SSSR count). The van der Waals surface area contributed by atoms with Crippen LogP contribution in [0.4, 0.5) is 11.4 Å². The lowest BCUT2D eigenvalue weighted by Crippen LogP contribution is -2.19. The van der Waals surface area contributed by atoms with Gasteiger partial charge in [0.1, 0.15) is 0 Å². The summed E-state index contributed by atoms with van der Waals surface area (Å²) < 4.78 is 0. The predicted octanol–water partition coefficient (Wildman–Crippen LogP) is 2.87. The Kier molecular flexibility index (Phi) is 3.58. The Morgan fingerprint density at radius 2 is 2.14 bits per heavy atom. The smallest absolute Gasteiger partial charge is 0.258 e. The highest BCUT2D eigenvalue weighted by Gasteiger charge is 2.16. The summed E-state index contributed by atoms with van der Waals surface area (Å²) in [6.45, 7) is 0. The number of anilines is 2. The first-order chi connectivity index (χ1) is 10.1. The van der Waals surface area contributed by atoms with E-state index in [1.807, 2.05) is 6.07 Å². The van der Waals surface area contributed by atoms with Crippen molar-refractivity contribution in [3.05, 3.63) is 52.8 Å². The molecule has 1 aromatic heterocycles. The van der Waals surface area contributed by atoms with Crippen LogP contribution < -0.4 is 10.6 Å². The van der Waals surface area contributed by atoms with Gasteiger partial charge in [0.25, 0.3) is 5.91 Å². The molecule has 0 atom stereocenters. The molecular formula is C15H12ClN3O2. The summed E-state index contributed by atoms with van der Waals surface area (Å²) in [6, 6.07) is 6.95. The maximum atomic E-state index is 12.1. The Balaban J connectivity index is 1.81. The van der Waals surface area contributed by atoms with E-state index in [1.54, 1.807) is 18.2 Å². The van der Waals surface area contributed by atoms with E-state index in [2.05, 4.69) is 15.6 Å². The summed E-state index contributed by atoms with van der Waals surface area (Å²) in [5, 5.41) is 5.94. The van der Waals surface area contributed by atoms with Crippen LogP contribution in [0.15, 0.2) is 36.7 Å². The molecule has 106 valence electrons. The molecule has 2 heterocycles. The van der Waals surface area contributed by atoms with Crippen LogP contribution in [0.25, 0.3) is 0 Å². The van der Waals surface area contributed by atoms with Crippen molar-refractivity contribution in [3.63, 3.8) is 0 Å². The van der Waals surface area contributed by atoms with Gasteiger partial charge in [0.2, 0.25) is 5.91 Å². The minimum atomic E-state index is -0.312. The van der Waals surface area contributed by atoms with E-state index >= 15 is 0 Å². The number of fused-ring (bicyclic) bond motifs is 1. The Hall–Kier alpha value is -2.40. The number of rotatable bonds is 2. The largest absolute Gasteiger partial charge is 0.326 e. The summed E-state index contributed by atoms with van der Waals surface area (Å²) in [4.78, 5) is 27.4. The molecule has 2 aromatic rings. The van der Waals surface area contributed by atoms with Gasteiger partial charge in [-0.1, -0.05) is 11.6 Å². The zero-order chi connectivity index (χ0) is 14.8. The fraction of sp³-hybridized carbons (Fsp3) is 0.133. The Morgan fingerprint density at radius 3 is 2.95 bits per heavy atom. The molecule has 2 N–H and O–H groups in total. The average molecular weight is 302 g/mol. The van der Waals surface area contributed by atoms with Crippen LogP contribution in [0.5, 0.6) is 0 Å². The standard InChI is InChI=1S/C15H12ClN3O2/c16-12-5-6-17-8-11(12)15(21)18-10-2-3-13-9(7-10)1-4-14(20)19-13/h2-3,5-8H,1,4H2,(H,18,21)(H,19,20). The lowest BCUT2D eigenvalue weighted by Gasteiger charge is -2.17. The molecule has 1 aromatic carbocycles. The van der Waals surface area contributed by atoms with Gasteiger partial charge in [0.05, 0.1) is 10.6 Å². The third-order valence-electron chi connectivity index (χ3n) is 3.27. The lowest BCUT2D eigenvalue weighted by molar-refractivity contribution is -0.116. The first-order valence-electron chi connectivity index (χ1n) is 6.47. The van der Waals surface area contributed by atoms with Crippen molar-refractivity contribution in [2.24, 2.45) is 0 Å². The Bertz CT molecular complexity index is 731. The monoisotopic (exact) mass is 301 g/mol. The summed E-state index contributed by atoms with van der Waals surface area (Å²) >= 11 is 5.97. The van der Waals surface area contributed by atoms with E-state index in [-0.39, 0.29) is 11.8 Å². The second kappa shape index (κ2) is 5.54. The second-order valence-corrected chi connectivity index (χ2v) is 5.14. The quantitative estimate of drug-likeness (QED) is 0.896. The van der Waals surface area contributed by atoms with Crippen LogP contribution in [0.2, 0.25) is 5.02 Å². The van der Waals surface area contributed by atoms with Crippen LogP contribution in [0.3, 0.4) is 0 Å². The van der Waals surface area contributed by atoms with Crippen LogP contribution in [-0.2, 0) is 11.2 Å². The fourth-order valence-corrected chi connectivity index (χ4v) is 2.40. The minimum absolute atomic E-state index is 0.0152. The highest BCUT2D eigenvalue weighted by molar-refractivity contribution is 6.34. The third-order valence-corrected chi connectivity index (χ3v) is 3.60. The van der Waals surface area contributed by atoms with E-state index in [0.717, 1.165) is 11.3 Å². The molecule has 6 heteroatoms. The van der Waals surface area contributed by atoms with Gasteiger partial charge >= 0.3 is 0 Å². The van der Waals surface area contributed by atoms with Crippen LogP contribution in [0, 0.1) is 0 Å². The molecule has 5 nitrogen and oxygen atoms in total. The number of aryl methyl sites for hydroxylation is 1. The van der Waals surface area contributed by atoms with Gasteiger partial charge in [-0.05, 0) is 36.2 Å². The number of aromatic nitrogens is 1. The molecule has 0 spiro atoms. The molecular weight excluding hydrogens is 290 g/mol. The molecule has 0 fully saturated rings. The van der Waals surface area contributed by atoms with E-state index in [4.69, 9.17) is 11.6 Å². The summed E-state index contributed by atoms with van der Waals surface area (Å²) in [5.41, 5.74) is 2.79. The number of pyridine rings is 1. The fourth-order valence-electron chi connectivity index (χ4n) is 2.20. The zero-order valence-corrected chi connectivity index (χ0v) is 11.8. The topological polar surface area (TPSA) is 71.1 Å². The maximum Gasteiger partial charge on any atom is 0.258 e. The summed E-state index contributed by atoms with van der Waals surface area (Å²) in [5.74, 6) is -0.297. The van der Waals surface area contributed by atoms with E-state index in [1.165, 1.54) is 12.4 Å². The molecule has 0 radical (unpaired) electrons. The van der Waals surface area contributed by atoms with Crippen LogP contribution in [-0.4, -0.2) is 16.8 Å². The van der Waals surface area contributed by atoms with Crippen molar-refractivity contribution in [3.8, 4) is 0 Å². The Labute approximate surface area is 126 Å². The van der Waals surface area contributed by atoms with Crippen LogP contribution >= 0.6 is 11.6 Å². The normalized spacial score (nSPS) is 13.3. The first kappa shape index (κ1) is 13.6. The number of hydrogen-bond acceptors (Lipinski definition) is 3. The average Bonchev–Trinajstić information content (AvgIpc) is 2.48. The van der Waals surface area contributed by atoms with Gasteiger partial charge < -0.3 is 10.6 Å². The van der Waals surface area contributed by atoms with Crippen molar-refractivity contribution >= 4 is 34.8 Å². The van der Waals surface area contributed by atoms with Gasteiger partial charge in [-0.15, -0.1) is 0 Å². The highest BCUT2D eigenvalue weighted by atomic mass is 35.5. The maximum absolute atomic E-state index is 12.1. The highest BCUT2D eigenvalue weighted by Crippen LogP contribution is 2.26. The number of carbonyl (C=O) groups excluding carboxylic acids is 2. The van der Waals surface area contributed by atoms with Crippen molar-refractivity contribution in [2.75, 3.05) is 10.6 Å². The zero-order valence-electron chi connectivity index (χ0n) is 11.0. The van der Waals surface area contributed by atoms with Crippen molar-refractivity contribution in [1.29, 1.82) is 0 Å². The lowest BCUT2D eigenvalue weighted by atomic mass is 10.0. The number of carbonyl (C=O) groups is 2. The molecule has 21 heavy (non-hydrogen) atoms. The third kappa shape index (κ3) is 2.87. The van der Waals surface area contributed by atoms with Crippen molar-refractivity contribution < 1.29 is 9.59 Å². The number of benzene rings is 1. The number of nitrogens with one attached hydrogen (secondary N) is 2. The Morgan fingerprint density at radius 1 is 1.29 bits per heavy atom. The SMILES string of the molecule is O=C1CCc2cc(NC(=O)c3cnccc3Cl)ccc2N1. The number of nitrogens with zero attached hydrogens (tertiary/aromatic N) is 1. The van der Waals surface area contributed by atoms with E-state index in [9.17, 15) is 9.59 Å². The summed E-state index contributed by atoms with van der Waals surface area (Å²) in [6.07, 6.45) is 4.08. The number of amides is 2. The van der Waals surface area contributed by atoms with E-state index < -0.39 is 0 Å². The molecule has 1 aliphatic heterocycles. The first-order valence-corrected chi connectivity index (χ1v) is 6.85. The van der Waals surface area contributed by atoms with Gasteiger partial charge in [-0.3, -0.25) is 14.6 Å². The second-order valence-electron chi connectivity index (χ2n) is 4.73. The van der Waals surface area contributed by atoms with Gasteiger partial charge in [-0.2, -0.15) is 0 Å². The number of hydrogen-bond donors (Lipinski definition) is 2. The van der Waals surface area contributed by atoms with Gasteiger partial charge in [0, 0.05) is 30.2 Å². The molecule has 0 bridgehead atoms. The van der Waals surface area contributed by atoms with Crippen molar-refractivity contribution in [1.82, 2.24) is 4.98 Å². The predicted molar refractivity (Wildman–Crippen MR) is 80.6 cm³/mol. The molecule has 0 saturated heterocycles. The van der Waals surface area contributed by atoms with Gasteiger partial charge in [-0.25, -0.2) is 0 Å². The molecule has 0 unspecified atom stereocenters. The molecule has 0 saturated carbocycles. The van der Waals surface area contributed by atoms with E-state index in [0.29, 0.717) is 29.1 Å². The molecule has 1 aliphatic rings. The molecule has 0 aliphatic carbocycles. The number of halogens is 1. The minimum Gasteiger partial charge on any atom is -0.326 e. The van der Waals surface area contributed by atoms with Crippen molar-refractivity contribution in [2.45, 2.75) is 12.8 Å². The summed E-state index contributed by atoms with van der Waals surface area (Å²) in [7, 11) is 0.